The van der Waals surface area contributed by atoms with Crippen LogP contribution in [0.25, 0.3) is 0 Å². The van der Waals surface area contributed by atoms with Crippen molar-refractivity contribution in [1.82, 2.24) is 0 Å². The van der Waals surface area contributed by atoms with Crippen molar-refractivity contribution in [2.45, 2.75) is 5.92 Å². The van der Waals surface area contributed by atoms with E-state index in [1.165, 1.54) is 12.1 Å². The van der Waals surface area contributed by atoms with Crippen molar-refractivity contribution in [3.05, 3.63) is 106 Å². The predicted molar refractivity (Wildman–Crippen MR) is 96.5 cm³/mol. The molecule has 0 aliphatic rings. The van der Waals surface area contributed by atoms with Crippen LogP contribution in [-0.4, -0.2) is 10.8 Å². The summed E-state index contributed by atoms with van der Waals surface area (Å²) in [5.74, 6) is -0.867. The van der Waals surface area contributed by atoms with Crippen molar-refractivity contribution < 1.29 is 9.72 Å². The molecule has 25 heavy (non-hydrogen) atoms. The topological polar surface area (TPSA) is 72.2 Å². The third-order valence-corrected chi connectivity index (χ3v) is 3.89. The molecule has 0 spiro atoms. The maximum atomic E-state index is 13.0. The van der Waals surface area contributed by atoms with Gasteiger partial charge in [-0.1, -0.05) is 72.8 Å². The average Bonchev–Trinajstić information content (AvgIpc) is 2.64. The van der Waals surface area contributed by atoms with Crippen molar-refractivity contribution in [2.24, 2.45) is 0 Å². The zero-order valence-corrected chi connectivity index (χ0v) is 13.3. The molecule has 0 aliphatic heterocycles. The summed E-state index contributed by atoms with van der Waals surface area (Å²) in [6.07, 6.45) is 0. The summed E-state index contributed by atoms with van der Waals surface area (Å²) < 4.78 is 0. The molecule has 0 bridgehead atoms. The molecular formula is C20H16N2O3. The Morgan fingerprint density at radius 2 is 1.28 bits per heavy atom. The van der Waals surface area contributed by atoms with Crippen LogP contribution >= 0.6 is 0 Å². The quantitative estimate of drug-likeness (QED) is 0.557. The minimum absolute atomic E-state index is 0.129. The first kappa shape index (κ1) is 16.4. The van der Waals surface area contributed by atoms with E-state index in [0.717, 1.165) is 11.1 Å². The summed E-state index contributed by atoms with van der Waals surface area (Å²) in [5.41, 5.74) is 1.71. The van der Waals surface area contributed by atoms with Crippen LogP contribution in [0.4, 0.5) is 11.4 Å². The minimum atomic E-state index is -0.554. The standard InChI is InChI=1S/C20H16N2O3/c23-20(21-17-13-7-8-14-18(17)22(24)25)19(15-9-3-1-4-10-15)16-11-5-2-6-12-16/h1-14,19H,(H,21,23). The van der Waals surface area contributed by atoms with Crippen molar-refractivity contribution in [3.8, 4) is 0 Å². The van der Waals surface area contributed by atoms with Gasteiger partial charge in [-0.25, -0.2) is 0 Å². The summed E-state index contributed by atoms with van der Waals surface area (Å²) in [7, 11) is 0. The average molecular weight is 332 g/mol. The molecule has 3 rings (SSSR count). The van der Waals surface area contributed by atoms with Gasteiger partial charge in [0.15, 0.2) is 0 Å². The highest BCUT2D eigenvalue weighted by Gasteiger charge is 2.24. The Kier molecular flexibility index (Phi) is 4.85. The first-order valence-electron chi connectivity index (χ1n) is 7.81. The number of nitro benzene ring substituents is 1. The summed E-state index contributed by atoms with van der Waals surface area (Å²) in [6, 6.07) is 24.8. The Morgan fingerprint density at radius 3 is 1.80 bits per heavy atom. The third kappa shape index (κ3) is 3.72. The van der Waals surface area contributed by atoms with Crippen LogP contribution in [-0.2, 0) is 4.79 Å². The van der Waals surface area contributed by atoms with E-state index in [0.29, 0.717) is 0 Å². The summed E-state index contributed by atoms with van der Waals surface area (Å²) >= 11 is 0. The molecule has 1 N–H and O–H groups in total. The number of hydrogen-bond donors (Lipinski definition) is 1. The molecule has 124 valence electrons. The third-order valence-electron chi connectivity index (χ3n) is 3.89. The smallest absolute Gasteiger partial charge is 0.292 e. The number of para-hydroxylation sites is 2. The number of amides is 1. The number of rotatable bonds is 5. The second-order valence-corrected chi connectivity index (χ2v) is 5.52. The van der Waals surface area contributed by atoms with E-state index in [-0.39, 0.29) is 17.3 Å². The highest BCUT2D eigenvalue weighted by Crippen LogP contribution is 2.29. The number of nitro groups is 1. The molecule has 0 saturated heterocycles. The number of carbonyl (C=O) groups is 1. The van der Waals surface area contributed by atoms with Gasteiger partial charge in [-0.05, 0) is 17.2 Å². The Bertz CT molecular complexity index is 840. The van der Waals surface area contributed by atoms with E-state index in [4.69, 9.17) is 0 Å². The van der Waals surface area contributed by atoms with Gasteiger partial charge in [-0.3, -0.25) is 14.9 Å². The second-order valence-electron chi connectivity index (χ2n) is 5.52. The Labute approximate surface area is 145 Å². The van der Waals surface area contributed by atoms with E-state index < -0.39 is 10.8 Å². The highest BCUT2D eigenvalue weighted by molar-refractivity contribution is 5.99. The molecule has 0 radical (unpaired) electrons. The molecule has 5 heteroatoms. The van der Waals surface area contributed by atoms with Crippen molar-refractivity contribution in [3.63, 3.8) is 0 Å². The molecule has 0 aliphatic carbocycles. The van der Waals surface area contributed by atoms with Gasteiger partial charge in [-0.2, -0.15) is 0 Å². The summed E-state index contributed by atoms with van der Waals surface area (Å²) in [5, 5.41) is 13.9. The fraction of sp³-hybridized carbons (Fsp3) is 0.0500. The first-order valence-corrected chi connectivity index (χ1v) is 7.81. The lowest BCUT2D eigenvalue weighted by Gasteiger charge is -2.18. The van der Waals surface area contributed by atoms with Gasteiger partial charge in [0, 0.05) is 6.07 Å². The van der Waals surface area contributed by atoms with Crippen LogP contribution in [0.15, 0.2) is 84.9 Å². The Morgan fingerprint density at radius 1 is 0.800 bits per heavy atom. The van der Waals surface area contributed by atoms with E-state index in [2.05, 4.69) is 5.32 Å². The lowest BCUT2D eigenvalue weighted by atomic mass is 9.90. The molecule has 3 aromatic rings. The molecule has 3 aromatic carbocycles. The lowest BCUT2D eigenvalue weighted by molar-refractivity contribution is -0.383. The summed E-state index contributed by atoms with van der Waals surface area (Å²) in [6.45, 7) is 0. The first-order chi connectivity index (χ1) is 12.2. The van der Waals surface area contributed by atoms with E-state index in [1.807, 2.05) is 60.7 Å². The fourth-order valence-electron chi connectivity index (χ4n) is 2.73. The predicted octanol–water partition coefficient (Wildman–Crippen LogP) is 4.37. The van der Waals surface area contributed by atoms with Crippen molar-refractivity contribution >= 4 is 17.3 Å². The fourth-order valence-corrected chi connectivity index (χ4v) is 2.73. The molecule has 0 heterocycles. The second kappa shape index (κ2) is 7.40. The number of carbonyl (C=O) groups excluding carboxylic acids is 1. The van der Waals surface area contributed by atoms with Crippen LogP contribution in [0.5, 0.6) is 0 Å². The molecule has 0 atom stereocenters. The van der Waals surface area contributed by atoms with Gasteiger partial charge in [0.05, 0.1) is 10.8 Å². The van der Waals surface area contributed by atoms with E-state index in [1.54, 1.807) is 12.1 Å². The molecule has 0 saturated carbocycles. The minimum Gasteiger partial charge on any atom is -0.320 e. The monoisotopic (exact) mass is 332 g/mol. The van der Waals surface area contributed by atoms with Gasteiger partial charge in [0.25, 0.3) is 5.69 Å². The van der Waals surface area contributed by atoms with Gasteiger partial charge in [0.2, 0.25) is 5.91 Å². The zero-order chi connectivity index (χ0) is 17.6. The summed E-state index contributed by atoms with van der Waals surface area (Å²) in [4.78, 5) is 23.6. The van der Waals surface area contributed by atoms with Gasteiger partial charge in [0.1, 0.15) is 5.69 Å². The number of nitrogens with zero attached hydrogens (tertiary/aromatic N) is 1. The van der Waals surface area contributed by atoms with Crippen LogP contribution in [0.1, 0.15) is 17.0 Å². The molecule has 0 unspecified atom stereocenters. The van der Waals surface area contributed by atoms with Crippen molar-refractivity contribution in [1.29, 1.82) is 0 Å². The molecule has 0 aromatic heterocycles. The molecule has 0 fully saturated rings. The lowest BCUT2D eigenvalue weighted by Crippen LogP contribution is -2.22. The van der Waals surface area contributed by atoms with Gasteiger partial charge < -0.3 is 5.32 Å². The maximum Gasteiger partial charge on any atom is 0.292 e. The Balaban J connectivity index is 1.98. The number of anilines is 1. The van der Waals surface area contributed by atoms with Crippen LogP contribution < -0.4 is 5.32 Å². The number of benzene rings is 3. The number of hydrogen-bond acceptors (Lipinski definition) is 3. The highest BCUT2D eigenvalue weighted by atomic mass is 16.6. The van der Waals surface area contributed by atoms with Gasteiger partial charge in [-0.15, -0.1) is 0 Å². The van der Waals surface area contributed by atoms with Crippen LogP contribution in [0, 0.1) is 10.1 Å². The Hall–Kier alpha value is -3.47. The van der Waals surface area contributed by atoms with Gasteiger partial charge >= 0.3 is 0 Å². The molecule has 5 nitrogen and oxygen atoms in total. The maximum absolute atomic E-state index is 13.0. The van der Waals surface area contributed by atoms with E-state index in [9.17, 15) is 14.9 Å². The molecular weight excluding hydrogens is 316 g/mol. The molecule has 1 amide bonds. The van der Waals surface area contributed by atoms with Crippen LogP contribution in [0.2, 0.25) is 0 Å². The number of nitrogens with one attached hydrogen (secondary N) is 1. The largest absolute Gasteiger partial charge is 0.320 e. The zero-order valence-electron chi connectivity index (χ0n) is 13.3. The van der Waals surface area contributed by atoms with Crippen molar-refractivity contribution in [2.75, 3.05) is 5.32 Å². The van der Waals surface area contributed by atoms with E-state index >= 15 is 0 Å². The normalized spacial score (nSPS) is 10.4. The SMILES string of the molecule is O=C(Nc1ccccc1[N+](=O)[O-])C(c1ccccc1)c1ccccc1. The van der Waals surface area contributed by atoms with Crippen LogP contribution in [0.3, 0.4) is 0 Å².